The van der Waals surface area contributed by atoms with E-state index in [0.717, 1.165) is 21.7 Å². The Morgan fingerprint density at radius 3 is 2.39 bits per heavy atom. The predicted octanol–water partition coefficient (Wildman–Crippen LogP) is 5.88. The number of carbonyl (C=O) groups is 1. The summed E-state index contributed by atoms with van der Waals surface area (Å²) in [7, 11) is 0. The molecule has 0 heterocycles. The van der Waals surface area contributed by atoms with Gasteiger partial charge in [-0.1, -0.05) is 61.0 Å². The zero-order chi connectivity index (χ0) is 16.8. The average molecular weight is 351 g/mol. The molecule has 0 bridgehead atoms. The van der Waals surface area contributed by atoms with Crippen LogP contribution >= 0.6 is 23.2 Å². The highest BCUT2D eigenvalue weighted by atomic mass is 35.5. The van der Waals surface area contributed by atoms with Gasteiger partial charge in [0.1, 0.15) is 0 Å². The zero-order valence-electron chi connectivity index (χ0n) is 13.3. The third kappa shape index (κ3) is 4.73. The smallest absolute Gasteiger partial charge is 0.308 e. The number of carbonyl (C=O) groups excluding carboxylic acids is 1. The summed E-state index contributed by atoms with van der Waals surface area (Å²) in [5.74, 6) is -0.425. The second kappa shape index (κ2) is 8.37. The van der Waals surface area contributed by atoms with E-state index >= 15 is 0 Å². The lowest BCUT2D eigenvalue weighted by molar-refractivity contribution is -0.147. The van der Waals surface area contributed by atoms with Crippen molar-refractivity contribution in [3.8, 4) is 11.1 Å². The highest BCUT2D eigenvalue weighted by Crippen LogP contribution is 2.32. The van der Waals surface area contributed by atoms with Gasteiger partial charge in [0.2, 0.25) is 0 Å². The molecule has 0 spiro atoms. The van der Waals surface area contributed by atoms with Gasteiger partial charge in [0.05, 0.1) is 17.9 Å². The van der Waals surface area contributed by atoms with Gasteiger partial charge < -0.3 is 4.74 Å². The summed E-state index contributed by atoms with van der Waals surface area (Å²) in [4.78, 5) is 11.7. The molecular formula is C19H20Cl2O2. The van der Waals surface area contributed by atoms with Gasteiger partial charge in [0, 0.05) is 10.6 Å². The van der Waals surface area contributed by atoms with Crippen LogP contribution in [0.2, 0.25) is 5.02 Å². The molecule has 0 saturated carbocycles. The predicted molar refractivity (Wildman–Crippen MR) is 95.9 cm³/mol. The Hall–Kier alpha value is -1.51. The number of esters is 1. The van der Waals surface area contributed by atoms with Crippen LogP contribution in [-0.4, -0.2) is 12.6 Å². The molecule has 0 aliphatic carbocycles. The van der Waals surface area contributed by atoms with E-state index in [1.54, 1.807) is 6.92 Å². The highest BCUT2D eigenvalue weighted by Gasteiger charge is 2.19. The SMILES string of the molecule is CCOC(=O)C(C)CC(Cl)c1ccc(-c2ccccc2Cl)cc1. The van der Waals surface area contributed by atoms with Crippen LogP contribution in [-0.2, 0) is 9.53 Å². The van der Waals surface area contributed by atoms with Crippen molar-refractivity contribution in [1.82, 2.24) is 0 Å². The summed E-state index contributed by atoms with van der Waals surface area (Å²) in [5, 5.41) is 0.494. The quantitative estimate of drug-likeness (QED) is 0.480. The number of benzene rings is 2. The van der Waals surface area contributed by atoms with Crippen molar-refractivity contribution in [3.63, 3.8) is 0 Å². The minimum absolute atomic E-state index is 0.203. The molecule has 4 heteroatoms. The van der Waals surface area contributed by atoms with E-state index in [9.17, 15) is 4.79 Å². The Morgan fingerprint density at radius 2 is 1.78 bits per heavy atom. The summed E-state index contributed by atoms with van der Waals surface area (Å²) in [6, 6.07) is 15.7. The molecule has 0 fully saturated rings. The Labute approximate surface area is 147 Å². The number of halogens is 2. The van der Waals surface area contributed by atoms with E-state index < -0.39 is 0 Å². The molecule has 2 aromatic carbocycles. The number of ether oxygens (including phenoxy) is 1. The van der Waals surface area contributed by atoms with Crippen LogP contribution in [0.4, 0.5) is 0 Å². The summed E-state index contributed by atoms with van der Waals surface area (Å²) in [5.41, 5.74) is 3.02. The van der Waals surface area contributed by atoms with E-state index in [2.05, 4.69) is 0 Å². The van der Waals surface area contributed by atoms with Crippen molar-refractivity contribution in [2.24, 2.45) is 5.92 Å². The van der Waals surface area contributed by atoms with E-state index in [1.165, 1.54) is 0 Å². The summed E-state index contributed by atoms with van der Waals surface area (Å²) in [6.07, 6.45) is 0.547. The van der Waals surface area contributed by atoms with Crippen LogP contribution in [0.5, 0.6) is 0 Å². The molecule has 0 N–H and O–H groups in total. The van der Waals surface area contributed by atoms with Crippen LogP contribution in [0.3, 0.4) is 0 Å². The normalized spacial score (nSPS) is 13.4. The van der Waals surface area contributed by atoms with Crippen LogP contribution in [0.25, 0.3) is 11.1 Å². The molecule has 2 rings (SSSR count). The lowest BCUT2D eigenvalue weighted by atomic mass is 9.98. The summed E-state index contributed by atoms with van der Waals surface area (Å²) >= 11 is 12.7. The van der Waals surface area contributed by atoms with E-state index in [4.69, 9.17) is 27.9 Å². The molecule has 0 saturated heterocycles. The highest BCUT2D eigenvalue weighted by molar-refractivity contribution is 6.33. The molecule has 0 amide bonds. The molecule has 122 valence electrons. The fourth-order valence-corrected chi connectivity index (χ4v) is 3.05. The number of hydrogen-bond donors (Lipinski definition) is 0. The largest absolute Gasteiger partial charge is 0.466 e. The van der Waals surface area contributed by atoms with E-state index in [0.29, 0.717) is 13.0 Å². The lowest BCUT2D eigenvalue weighted by Crippen LogP contribution is -2.16. The number of hydrogen-bond acceptors (Lipinski definition) is 2. The maximum absolute atomic E-state index is 11.7. The molecule has 23 heavy (non-hydrogen) atoms. The topological polar surface area (TPSA) is 26.3 Å². The van der Waals surface area contributed by atoms with Crippen LogP contribution < -0.4 is 0 Å². The van der Waals surface area contributed by atoms with Gasteiger partial charge in [-0.2, -0.15) is 0 Å². The monoisotopic (exact) mass is 350 g/mol. The van der Waals surface area contributed by atoms with Crippen molar-refractivity contribution in [2.75, 3.05) is 6.61 Å². The fraction of sp³-hybridized carbons (Fsp3) is 0.316. The van der Waals surface area contributed by atoms with Gasteiger partial charge in [0.25, 0.3) is 0 Å². The maximum Gasteiger partial charge on any atom is 0.308 e. The van der Waals surface area contributed by atoms with E-state index in [1.807, 2.05) is 55.5 Å². The zero-order valence-corrected chi connectivity index (χ0v) is 14.8. The van der Waals surface area contributed by atoms with Gasteiger partial charge >= 0.3 is 5.97 Å². The first kappa shape index (κ1) is 17.8. The van der Waals surface area contributed by atoms with Crippen molar-refractivity contribution >= 4 is 29.2 Å². The number of rotatable bonds is 6. The van der Waals surface area contributed by atoms with Crippen molar-refractivity contribution in [1.29, 1.82) is 0 Å². The van der Waals surface area contributed by atoms with Crippen molar-refractivity contribution < 1.29 is 9.53 Å². The first-order valence-electron chi connectivity index (χ1n) is 7.68. The fourth-order valence-electron chi connectivity index (χ4n) is 2.39. The summed E-state index contributed by atoms with van der Waals surface area (Å²) < 4.78 is 5.02. The third-order valence-corrected chi connectivity index (χ3v) is 4.47. The third-order valence-electron chi connectivity index (χ3n) is 3.71. The van der Waals surface area contributed by atoms with Gasteiger partial charge in [-0.05, 0) is 30.5 Å². The molecule has 0 aliphatic rings. The first-order chi connectivity index (χ1) is 11.0. The summed E-state index contributed by atoms with van der Waals surface area (Å²) in [6.45, 7) is 4.03. The molecular weight excluding hydrogens is 331 g/mol. The van der Waals surface area contributed by atoms with Crippen molar-refractivity contribution in [2.45, 2.75) is 25.6 Å². The minimum atomic E-state index is -0.227. The van der Waals surface area contributed by atoms with E-state index in [-0.39, 0.29) is 17.3 Å². The molecule has 2 aromatic rings. The van der Waals surface area contributed by atoms with Gasteiger partial charge in [0.15, 0.2) is 0 Å². The number of alkyl halides is 1. The van der Waals surface area contributed by atoms with Gasteiger partial charge in [-0.3, -0.25) is 4.79 Å². The van der Waals surface area contributed by atoms with Crippen LogP contribution in [0.1, 0.15) is 31.2 Å². The second-order valence-electron chi connectivity index (χ2n) is 5.46. The van der Waals surface area contributed by atoms with Crippen LogP contribution in [0, 0.1) is 5.92 Å². The molecule has 2 unspecified atom stereocenters. The van der Waals surface area contributed by atoms with Crippen LogP contribution in [0.15, 0.2) is 48.5 Å². The molecule has 2 nitrogen and oxygen atoms in total. The van der Waals surface area contributed by atoms with Gasteiger partial charge in [-0.25, -0.2) is 0 Å². The first-order valence-corrected chi connectivity index (χ1v) is 8.50. The molecule has 0 aliphatic heterocycles. The molecule has 0 radical (unpaired) electrons. The lowest BCUT2D eigenvalue weighted by Gasteiger charge is -2.15. The molecule has 0 aromatic heterocycles. The Balaban J connectivity index is 2.07. The second-order valence-corrected chi connectivity index (χ2v) is 6.39. The maximum atomic E-state index is 11.7. The standard InChI is InChI=1S/C19H20Cl2O2/c1-3-23-19(22)13(2)12-18(21)15-10-8-14(9-11-15)16-6-4-5-7-17(16)20/h4-11,13,18H,3,12H2,1-2H3. The van der Waals surface area contributed by atoms with Gasteiger partial charge in [-0.15, -0.1) is 11.6 Å². The minimum Gasteiger partial charge on any atom is -0.466 e. The van der Waals surface area contributed by atoms with Crippen molar-refractivity contribution in [3.05, 3.63) is 59.1 Å². The Kier molecular flexibility index (Phi) is 6.49. The Bertz CT molecular complexity index is 653. The Morgan fingerprint density at radius 1 is 1.13 bits per heavy atom. The average Bonchev–Trinajstić information content (AvgIpc) is 2.55. The molecule has 2 atom stereocenters.